The molecule has 0 aliphatic carbocycles. The number of amides is 2. The minimum Gasteiger partial charge on any atom is -0.488 e. The maximum absolute atomic E-state index is 14.2. The van der Waals surface area contributed by atoms with Crippen molar-refractivity contribution in [2.45, 2.75) is 12.8 Å². The SMILES string of the molecule is COCCOc1ccc(NC(=O)C2CCCN(C(=O)c3ccc(Cl)cc3)C2)cc1F. The monoisotopic (exact) mass is 434 g/mol. The molecular formula is C22H24ClFN2O4. The van der Waals surface area contributed by atoms with E-state index in [9.17, 15) is 14.0 Å². The number of likely N-dealkylation sites (tertiary alicyclic amines) is 1. The Labute approximate surface area is 179 Å². The lowest BCUT2D eigenvalue weighted by Crippen LogP contribution is -2.43. The van der Waals surface area contributed by atoms with Crippen molar-refractivity contribution in [1.82, 2.24) is 4.90 Å². The van der Waals surface area contributed by atoms with Gasteiger partial charge in [0.2, 0.25) is 5.91 Å². The summed E-state index contributed by atoms with van der Waals surface area (Å²) in [5.41, 5.74) is 0.879. The van der Waals surface area contributed by atoms with Gasteiger partial charge in [-0.05, 0) is 49.2 Å². The maximum Gasteiger partial charge on any atom is 0.253 e. The minimum absolute atomic E-state index is 0.0995. The van der Waals surface area contributed by atoms with Crippen LogP contribution < -0.4 is 10.1 Å². The van der Waals surface area contributed by atoms with Gasteiger partial charge in [0.25, 0.3) is 5.91 Å². The zero-order chi connectivity index (χ0) is 21.5. The van der Waals surface area contributed by atoms with Crippen LogP contribution in [0.2, 0.25) is 5.02 Å². The first-order valence-corrected chi connectivity index (χ1v) is 10.1. The van der Waals surface area contributed by atoms with E-state index in [1.54, 1.807) is 35.2 Å². The van der Waals surface area contributed by atoms with E-state index in [-0.39, 0.29) is 30.1 Å². The molecule has 0 spiro atoms. The Kier molecular flexibility index (Phi) is 7.65. The van der Waals surface area contributed by atoms with E-state index in [2.05, 4.69) is 5.32 Å². The molecule has 2 amide bonds. The Hall–Kier alpha value is -2.64. The molecule has 8 heteroatoms. The van der Waals surface area contributed by atoms with E-state index < -0.39 is 5.82 Å². The molecule has 0 saturated carbocycles. The van der Waals surface area contributed by atoms with Crippen molar-refractivity contribution in [2.24, 2.45) is 5.92 Å². The smallest absolute Gasteiger partial charge is 0.253 e. The number of ether oxygens (including phenoxy) is 2. The third-order valence-electron chi connectivity index (χ3n) is 4.92. The van der Waals surface area contributed by atoms with Crippen LogP contribution in [0.15, 0.2) is 42.5 Å². The van der Waals surface area contributed by atoms with E-state index in [1.165, 1.54) is 19.2 Å². The second-order valence-corrected chi connectivity index (χ2v) is 7.51. The molecule has 1 unspecified atom stereocenters. The molecule has 1 fully saturated rings. The summed E-state index contributed by atoms with van der Waals surface area (Å²) < 4.78 is 24.3. The highest BCUT2D eigenvalue weighted by atomic mass is 35.5. The molecule has 160 valence electrons. The van der Waals surface area contributed by atoms with Crippen LogP contribution >= 0.6 is 11.6 Å². The molecule has 0 aromatic heterocycles. The van der Waals surface area contributed by atoms with Gasteiger partial charge in [0.05, 0.1) is 12.5 Å². The highest BCUT2D eigenvalue weighted by Gasteiger charge is 2.29. The number of piperidine rings is 1. The van der Waals surface area contributed by atoms with Gasteiger partial charge < -0.3 is 19.7 Å². The summed E-state index contributed by atoms with van der Waals surface area (Å²) in [6, 6.07) is 11.0. The molecule has 0 radical (unpaired) electrons. The number of carbonyl (C=O) groups is 2. The summed E-state index contributed by atoms with van der Waals surface area (Å²) in [5, 5.41) is 3.30. The summed E-state index contributed by atoms with van der Waals surface area (Å²) in [7, 11) is 1.54. The molecule has 3 rings (SSSR count). The van der Waals surface area contributed by atoms with Gasteiger partial charge in [0.1, 0.15) is 6.61 Å². The molecule has 2 aromatic carbocycles. The summed E-state index contributed by atoms with van der Waals surface area (Å²) >= 11 is 5.88. The van der Waals surface area contributed by atoms with Crippen LogP contribution in [-0.2, 0) is 9.53 Å². The molecule has 1 aliphatic heterocycles. The van der Waals surface area contributed by atoms with Gasteiger partial charge >= 0.3 is 0 Å². The number of benzene rings is 2. The molecule has 1 aliphatic rings. The van der Waals surface area contributed by atoms with Gasteiger partial charge in [-0.1, -0.05) is 11.6 Å². The largest absolute Gasteiger partial charge is 0.488 e. The van der Waals surface area contributed by atoms with Crippen LogP contribution in [0.5, 0.6) is 5.75 Å². The highest BCUT2D eigenvalue weighted by Crippen LogP contribution is 2.24. The fourth-order valence-electron chi connectivity index (χ4n) is 3.33. The molecule has 6 nitrogen and oxygen atoms in total. The summed E-state index contributed by atoms with van der Waals surface area (Å²) in [6.45, 7) is 1.49. The number of anilines is 1. The number of nitrogens with zero attached hydrogens (tertiary/aromatic N) is 1. The fourth-order valence-corrected chi connectivity index (χ4v) is 3.45. The van der Waals surface area contributed by atoms with E-state index in [0.29, 0.717) is 42.4 Å². The van der Waals surface area contributed by atoms with Crippen molar-refractivity contribution in [3.05, 3.63) is 58.9 Å². The predicted octanol–water partition coefficient (Wildman–Crippen LogP) is 4.00. The van der Waals surface area contributed by atoms with Crippen molar-refractivity contribution in [3.8, 4) is 5.75 Å². The van der Waals surface area contributed by atoms with Gasteiger partial charge in [-0.3, -0.25) is 9.59 Å². The standard InChI is InChI=1S/C22H24ClFN2O4/c1-29-11-12-30-20-9-8-18(13-19(20)24)25-21(27)16-3-2-10-26(14-16)22(28)15-4-6-17(23)7-5-15/h4-9,13,16H,2-3,10-12,14H2,1H3,(H,25,27). The number of hydrogen-bond donors (Lipinski definition) is 1. The summed E-state index contributed by atoms with van der Waals surface area (Å²) in [6.07, 6.45) is 1.38. The van der Waals surface area contributed by atoms with Gasteiger partial charge in [-0.15, -0.1) is 0 Å². The van der Waals surface area contributed by atoms with Crippen molar-refractivity contribution in [3.63, 3.8) is 0 Å². The van der Waals surface area contributed by atoms with E-state index in [4.69, 9.17) is 21.1 Å². The fraction of sp³-hybridized carbons (Fsp3) is 0.364. The van der Waals surface area contributed by atoms with Crippen LogP contribution in [0, 0.1) is 11.7 Å². The quantitative estimate of drug-likeness (QED) is 0.669. The van der Waals surface area contributed by atoms with Crippen LogP contribution in [0.25, 0.3) is 0 Å². The number of methoxy groups -OCH3 is 1. The third kappa shape index (κ3) is 5.70. The summed E-state index contributed by atoms with van der Waals surface area (Å²) in [4.78, 5) is 27.1. The first-order valence-electron chi connectivity index (χ1n) is 9.75. The van der Waals surface area contributed by atoms with Crippen molar-refractivity contribution in [2.75, 3.05) is 38.7 Å². The molecule has 1 saturated heterocycles. The molecule has 0 bridgehead atoms. The summed E-state index contributed by atoms with van der Waals surface area (Å²) in [5.74, 6) is -1.20. The number of carbonyl (C=O) groups excluding carboxylic acids is 2. The lowest BCUT2D eigenvalue weighted by Gasteiger charge is -2.32. The van der Waals surface area contributed by atoms with Crippen LogP contribution in [0.3, 0.4) is 0 Å². The third-order valence-corrected chi connectivity index (χ3v) is 5.17. The molecule has 1 heterocycles. The van der Waals surface area contributed by atoms with E-state index >= 15 is 0 Å². The van der Waals surface area contributed by atoms with Gasteiger partial charge in [-0.2, -0.15) is 0 Å². The number of halogens is 2. The average Bonchev–Trinajstić information content (AvgIpc) is 2.75. The zero-order valence-corrected chi connectivity index (χ0v) is 17.5. The van der Waals surface area contributed by atoms with E-state index in [0.717, 1.165) is 6.42 Å². The Morgan fingerprint density at radius 3 is 2.67 bits per heavy atom. The Morgan fingerprint density at radius 1 is 1.20 bits per heavy atom. The molecule has 2 aromatic rings. The highest BCUT2D eigenvalue weighted by molar-refractivity contribution is 6.30. The maximum atomic E-state index is 14.2. The number of rotatable bonds is 7. The van der Waals surface area contributed by atoms with Crippen LogP contribution in [0.4, 0.5) is 10.1 Å². The first kappa shape index (κ1) is 22.1. The normalized spacial score (nSPS) is 16.2. The topological polar surface area (TPSA) is 67.9 Å². The van der Waals surface area contributed by atoms with Crippen LogP contribution in [-0.4, -0.2) is 50.1 Å². The predicted molar refractivity (Wildman–Crippen MR) is 112 cm³/mol. The Bertz CT molecular complexity index is 891. The lowest BCUT2D eigenvalue weighted by atomic mass is 9.96. The molecular weight excluding hydrogens is 411 g/mol. The molecule has 30 heavy (non-hydrogen) atoms. The number of hydrogen-bond acceptors (Lipinski definition) is 4. The zero-order valence-electron chi connectivity index (χ0n) is 16.7. The second kappa shape index (κ2) is 10.4. The number of nitrogens with one attached hydrogen (secondary N) is 1. The molecule has 1 atom stereocenters. The molecule has 1 N–H and O–H groups in total. The van der Waals surface area contributed by atoms with Gasteiger partial charge in [-0.25, -0.2) is 4.39 Å². The first-order chi connectivity index (χ1) is 14.5. The Morgan fingerprint density at radius 2 is 1.97 bits per heavy atom. The van der Waals surface area contributed by atoms with Gasteiger partial charge in [0.15, 0.2) is 11.6 Å². The van der Waals surface area contributed by atoms with Crippen molar-refractivity contribution in [1.29, 1.82) is 0 Å². The lowest BCUT2D eigenvalue weighted by molar-refractivity contribution is -0.121. The minimum atomic E-state index is -0.563. The van der Waals surface area contributed by atoms with Gasteiger partial charge in [0, 0.05) is 42.5 Å². The average molecular weight is 435 g/mol. The second-order valence-electron chi connectivity index (χ2n) is 7.07. The van der Waals surface area contributed by atoms with Crippen molar-refractivity contribution < 1.29 is 23.5 Å². The van der Waals surface area contributed by atoms with Crippen molar-refractivity contribution >= 4 is 29.1 Å². The Balaban J connectivity index is 1.59. The van der Waals surface area contributed by atoms with Crippen LogP contribution in [0.1, 0.15) is 23.2 Å². The van der Waals surface area contributed by atoms with E-state index in [1.807, 2.05) is 0 Å².